The Hall–Kier alpha value is -2.14. The molecule has 21 heavy (non-hydrogen) atoms. The van der Waals surface area contributed by atoms with Crippen LogP contribution in [0.1, 0.15) is 12.5 Å². The first-order chi connectivity index (χ1) is 10.3. The lowest BCUT2D eigenvalue weighted by Crippen LogP contribution is -2.43. The molecule has 0 unspecified atom stereocenters. The topological polar surface area (TPSA) is 53.1 Å². The van der Waals surface area contributed by atoms with Gasteiger partial charge in [-0.3, -0.25) is 0 Å². The van der Waals surface area contributed by atoms with Crippen molar-refractivity contribution in [1.82, 2.24) is 15.3 Å². The molecule has 2 heterocycles. The molecular formula is C16H21N5. The molecule has 5 heteroatoms. The Morgan fingerprint density at radius 1 is 1.10 bits per heavy atom. The fourth-order valence-electron chi connectivity index (χ4n) is 2.41. The molecule has 0 aliphatic carbocycles. The first-order valence-electron chi connectivity index (χ1n) is 7.49. The Morgan fingerprint density at radius 2 is 1.76 bits per heavy atom. The lowest BCUT2D eigenvalue weighted by Gasteiger charge is -2.29. The van der Waals surface area contributed by atoms with Crippen LogP contribution in [0.2, 0.25) is 0 Å². The van der Waals surface area contributed by atoms with E-state index in [0.29, 0.717) is 5.95 Å². The van der Waals surface area contributed by atoms with Crippen molar-refractivity contribution in [3.05, 3.63) is 42.2 Å². The first kappa shape index (κ1) is 13.8. The third kappa shape index (κ3) is 3.49. The summed E-state index contributed by atoms with van der Waals surface area (Å²) < 4.78 is 0. The van der Waals surface area contributed by atoms with Crippen molar-refractivity contribution >= 4 is 17.3 Å². The number of anilines is 3. The zero-order chi connectivity index (χ0) is 14.5. The number of hydrogen-bond acceptors (Lipinski definition) is 5. The van der Waals surface area contributed by atoms with Gasteiger partial charge in [-0.05, 0) is 36.2 Å². The van der Waals surface area contributed by atoms with E-state index in [-0.39, 0.29) is 0 Å². The van der Waals surface area contributed by atoms with E-state index >= 15 is 0 Å². The van der Waals surface area contributed by atoms with E-state index in [1.54, 1.807) is 0 Å². The summed E-state index contributed by atoms with van der Waals surface area (Å²) in [7, 11) is 0. The van der Waals surface area contributed by atoms with Crippen molar-refractivity contribution in [2.24, 2.45) is 0 Å². The fourth-order valence-corrected chi connectivity index (χ4v) is 2.41. The maximum absolute atomic E-state index is 4.32. The van der Waals surface area contributed by atoms with Gasteiger partial charge in [-0.25, -0.2) is 9.97 Å². The van der Waals surface area contributed by atoms with Crippen LogP contribution >= 0.6 is 0 Å². The summed E-state index contributed by atoms with van der Waals surface area (Å²) in [5.74, 6) is 0.641. The van der Waals surface area contributed by atoms with Crippen molar-refractivity contribution in [3.8, 4) is 0 Å². The first-order valence-corrected chi connectivity index (χ1v) is 7.49. The van der Waals surface area contributed by atoms with Crippen molar-refractivity contribution < 1.29 is 0 Å². The third-order valence-corrected chi connectivity index (χ3v) is 3.72. The number of aromatic nitrogens is 2. The highest BCUT2D eigenvalue weighted by Crippen LogP contribution is 2.20. The van der Waals surface area contributed by atoms with E-state index < -0.39 is 0 Å². The number of nitrogens with one attached hydrogen (secondary N) is 2. The van der Waals surface area contributed by atoms with E-state index in [9.17, 15) is 0 Å². The second-order valence-electron chi connectivity index (χ2n) is 5.18. The number of hydrogen-bond donors (Lipinski definition) is 2. The Bertz CT molecular complexity index is 558. The third-order valence-electron chi connectivity index (χ3n) is 3.72. The summed E-state index contributed by atoms with van der Waals surface area (Å²) in [5, 5.41) is 6.60. The highest BCUT2D eigenvalue weighted by molar-refractivity contribution is 5.59. The number of aryl methyl sites for hydroxylation is 1. The van der Waals surface area contributed by atoms with E-state index in [4.69, 9.17) is 0 Å². The molecule has 1 fully saturated rings. The van der Waals surface area contributed by atoms with Crippen LogP contribution in [0, 0.1) is 0 Å². The summed E-state index contributed by atoms with van der Waals surface area (Å²) in [4.78, 5) is 11.0. The zero-order valence-corrected chi connectivity index (χ0v) is 12.3. The average Bonchev–Trinajstić information content (AvgIpc) is 2.57. The Labute approximate surface area is 125 Å². The normalized spacial score (nSPS) is 15.0. The van der Waals surface area contributed by atoms with Crippen LogP contribution in [0.5, 0.6) is 0 Å². The van der Waals surface area contributed by atoms with Crippen LogP contribution in [0.25, 0.3) is 0 Å². The minimum atomic E-state index is 0.641. The summed E-state index contributed by atoms with van der Waals surface area (Å²) in [6, 6.07) is 8.45. The van der Waals surface area contributed by atoms with Gasteiger partial charge in [0.1, 0.15) is 0 Å². The van der Waals surface area contributed by atoms with Gasteiger partial charge < -0.3 is 15.5 Å². The van der Waals surface area contributed by atoms with E-state index in [1.165, 1.54) is 5.69 Å². The Balaban J connectivity index is 1.65. The molecule has 0 amide bonds. The molecule has 2 aromatic rings. The SMILES string of the molecule is CCc1cnc(Nc2ccc(N3CCNCC3)cc2)nc1. The fraction of sp³-hybridized carbons (Fsp3) is 0.375. The quantitative estimate of drug-likeness (QED) is 0.901. The van der Waals surface area contributed by atoms with E-state index in [1.807, 2.05) is 12.4 Å². The van der Waals surface area contributed by atoms with Crippen molar-refractivity contribution in [1.29, 1.82) is 0 Å². The summed E-state index contributed by atoms with van der Waals surface area (Å²) >= 11 is 0. The smallest absolute Gasteiger partial charge is 0.227 e. The lowest BCUT2D eigenvalue weighted by atomic mass is 10.2. The van der Waals surface area contributed by atoms with Gasteiger partial charge >= 0.3 is 0 Å². The molecule has 1 aliphatic rings. The molecule has 0 radical (unpaired) electrons. The van der Waals surface area contributed by atoms with Gasteiger partial charge in [-0.2, -0.15) is 0 Å². The molecule has 0 saturated carbocycles. The standard InChI is InChI=1S/C16H21N5/c1-2-13-11-18-16(19-12-13)20-14-3-5-15(6-4-14)21-9-7-17-8-10-21/h3-6,11-12,17H,2,7-10H2,1H3,(H,18,19,20). The predicted octanol–water partition coefficient (Wildman–Crippen LogP) is 2.19. The van der Waals surface area contributed by atoms with E-state index in [2.05, 4.69) is 56.7 Å². The molecule has 1 aromatic heterocycles. The van der Waals surface area contributed by atoms with Crippen molar-refractivity contribution in [3.63, 3.8) is 0 Å². The molecular weight excluding hydrogens is 262 g/mol. The molecule has 0 atom stereocenters. The second kappa shape index (κ2) is 6.54. The predicted molar refractivity (Wildman–Crippen MR) is 86.2 cm³/mol. The maximum Gasteiger partial charge on any atom is 0.227 e. The number of piperazine rings is 1. The van der Waals surface area contributed by atoms with Crippen LogP contribution in [-0.4, -0.2) is 36.1 Å². The Kier molecular flexibility index (Phi) is 4.31. The highest BCUT2D eigenvalue weighted by atomic mass is 15.2. The van der Waals surface area contributed by atoms with Gasteiger partial charge in [0.2, 0.25) is 5.95 Å². The van der Waals surface area contributed by atoms with E-state index in [0.717, 1.165) is 43.9 Å². The summed E-state index contributed by atoms with van der Waals surface area (Å²) in [6.45, 7) is 6.33. The van der Waals surface area contributed by atoms with Crippen LogP contribution in [0.3, 0.4) is 0 Å². The highest BCUT2D eigenvalue weighted by Gasteiger charge is 2.09. The van der Waals surface area contributed by atoms with Gasteiger partial charge in [-0.15, -0.1) is 0 Å². The van der Waals surface area contributed by atoms with Gasteiger partial charge in [0.05, 0.1) is 0 Å². The van der Waals surface area contributed by atoms with Crippen LogP contribution < -0.4 is 15.5 Å². The minimum absolute atomic E-state index is 0.641. The van der Waals surface area contributed by atoms with Crippen LogP contribution in [0.4, 0.5) is 17.3 Å². The van der Waals surface area contributed by atoms with Gasteiger partial charge in [-0.1, -0.05) is 6.92 Å². The number of rotatable bonds is 4. The second-order valence-corrected chi connectivity index (χ2v) is 5.18. The van der Waals surface area contributed by atoms with Gasteiger partial charge in [0.15, 0.2) is 0 Å². The van der Waals surface area contributed by atoms with Gasteiger partial charge in [0, 0.05) is 49.9 Å². The molecule has 0 spiro atoms. The lowest BCUT2D eigenvalue weighted by molar-refractivity contribution is 0.589. The molecule has 110 valence electrons. The molecule has 0 bridgehead atoms. The average molecular weight is 283 g/mol. The molecule has 1 aliphatic heterocycles. The largest absolute Gasteiger partial charge is 0.369 e. The van der Waals surface area contributed by atoms with Gasteiger partial charge in [0.25, 0.3) is 0 Å². The molecule has 2 N–H and O–H groups in total. The molecule has 1 aromatic carbocycles. The maximum atomic E-state index is 4.32. The summed E-state index contributed by atoms with van der Waals surface area (Å²) in [6.07, 6.45) is 4.69. The molecule has 5 nitrogen and oxygen atoms in total. The van der Waals surface area contributed by atoms with Crippen LogP contribution in [-0.2, 0) is 6.42 Å². The molecule has 1 saturated heterocycles. The zero-order valence-electron chi connectivity index (χ0n) is 12.3. The molecule has 3 rings (SSSR count). The van der Waals surface area contributed by atoms with Crippen molar-refractivity contribution in [2.45, 2.75) is 13.3 Å². The monoisotopic (exact) mass is 283 g/mol. The minimum Gasteiger partial charge on any atom is -0.369 e. The number of benzene rings is 1. The summed E-state index contributed by atoms with van der Waals surface area (Å²) in [5.41, 5.74) is 3.43. The van der Waals surface area contributed by atoms with Crippen LogP contribution in [0.15, 0.2) is 36.7 Å². The Morgan fingerprint density at radius 3 is 2.38 bits per heavy atom. The van der Waals surface area contributed by atoms with Crippen molar-refractivity contribution in [2.75, 3.05) is 36.4 Å². The number of nitrogens with zero attached hydrogens (tertiary/aromatic N) is 3.